The van der Waals surface area contributed by atoms with Crippen LogP contribution >= 0.6 is 0 Å². The lowest BCUT2D eigenvalue weighted by molar-refractivity contribution is 0.0319. The first-order valence-corrected chi connectivity index (χ1v) is 8.63. The van der Waals surface area contributed by atoms with Crippen molar-refractivity contribution in [2.45, 2.75) is 26.4 Å². The number of benzene rings is 2. The molecule has 0 saturated carbocycles. The van der Waals surface area contributed by atoms with Crippen molar-refractivity contribution in [3.8, 4) is 5.75 Å². The molecular weight excluding hydrogens is 330 g/mol. The van der Waals surface area contributed by atoms with Gasteiger partial charge in [0, 0.05) is 28.6 Å². The van der Waals surface area contributed by atoms with Gasteiger partial charge in [0.2, 0.25) is 5.78 Å². The molecule has 0 amide bonds. The molecule has 2 heterocycles. The Morgan fingerprint density at radius 2 is 2.00 bits per heavy atom. The molecule has 1 aliphatic heterocycles. The van der Waals surface area contributed by atoms with E-state index >= 15 is 0 Å². The molecule has 4 rings (SSSR count). The number of carbonyl (C=O) groups is 2. The van der Waals surface area contributed by atoms with Crippen molar-refractivity contribution in [1.29, 1.82) is 0 Å². The van der Waals surface area contributed by atoms with E-state index in [1.807, 2.05) is 31.2 Å². The SMILES string of the molecule is Cc1[nH]c2ccccc2c1C(=O)[C@@H](C)OC(=O)c1ccc2c(c1)CCO2. The summed E-state index contributed by atoms with van der Waals surface area (Å²) in [6, 6.07) is 12.8. The van der Waals surface area contributed by atoms with E-state index in [1.165, 1.54) is 0 Å². The van der Waals surface area contributed by atoms with Crippen molar-refractivity contribution in [2.75, 3.05) is 6.61 Å². The van der Waals surface area contributed by atoms with Crippen LogP contribution in [0.2, 0.25) is 0 Å². The summed E-state index contributed by atoms with van der Waals surface area (Å²) in [4.78, 5) is 28.5. The molecule has 0 aliphatic carbocycles. The van der Waals surface area contributed by atoms with Gasteiger partial charge >= 0.3 is 5.97 Å². The maximum absolute atomic E-state index is 12.9. The van der Waals surface area contributed by atoms with Gasteiger partial charge in [0.05, 0.1) is 12.2 Å². The van der Waals surface area contributed by atoms with Crippen LogP contribution in [0.25, 0.3) is 10.9 Å². The van der Waals surface area contributed by atoms with Crippen molar-refractivity contribution in [3.05, 3.63) is 64.8 Å². The molecule has 2 aromatic carbocycles. The molecule has 26 heavy (non-hydrogen) atoms. The Morgan fingerprint density at radius 3 is 2.85 bits per heavy atom. The predicted molar refractivity (Wildman–Crippen MR) is 97.9 cm³/mol. The molecule has 0 spiro atoms. The topological polar surface area (TPSA) is 68.4 Å². The molecule has 3 aromatic rings. The van der Waals surface area contributed by atoms with Gasteiger partial charge in [-0.05, 0) is 43.7 Å². The number of hydrogen-bond acceptors (Lipinski definition) is 4. The molecule has 1 aliphatic rings. The zero-order valence-electron chi connectivity index (χ0n) is 14.7. The van der Waals surface area contributed by atoms with Gasteiger partial charge < -0.3 is 14.5 Å². The van der Waals surface area contributed by atoms with Crippen LogP contribution in [0, 0.1) is 6.92 Å². The molecule has 5 nitrogen and oxygen atoms in total. The lowest BCUT2D eigenvalue weighted by Gasteiger charge is -2.13. The number of aromatic amines is 1. The Bertz CT molecular complexity index is 1020. The fourth-order valence-corrected chi connectivity index (χ4v) is 3.39. The molecule has 1 N–H and O–H groups in total. The van der Waals surface area contributed by atoms with Crippen LogP contribution in [0.15, 0.2) is 42.5 Å². The van der Waals surface area contributed by atoms with Gasteiger partial charge in [-0.1, -0.05) is 18.2 Å². The van der Waals surface area contributed by atoms with Crippen molar-refractivity contribution in [1.82, 2.24) is 4.98 Å². The average Bonchev–Trinajstić information content (AvgIpc) is 3.23. The summed E-state index contributed by atoms with van der Waals surface area (Å²) in [6.07, 6.45) is -0.0932. The number of H-pyrrole nitrogens is 1. The highest BCUT2D eigenvalue weighted by Crippen LogP contribution is 2.27. The van der Waals surface area contributed by atoms with Crippen LogP contribution in [0.1, 0.15) is 38.9 Å². The molecule has 0 saturated heterocycles. The molecule has 0 fully saturated rings. The van der Waals surface area contributed by atoms with Crippen LogP contribution < -0.4 is 4.74 Å². The minimum absolute atomic E-state index is 0.210. The number of esters is 1. The summed E-state index contributed by atoms with van der Waals surface area (Å²) < 4.78 is 10.9. The lowest BCUT2D eigenvalue weighted by atomic mass is 10.0. The number of ether oxygens (including phenoxy) is 2. The van der Waals surface area contributed by atoms with Gasteiger partial charge in [0.15, 0.2) is 6.10 Å². The second-order valence-corrected chi connectivity index (χ2v) is 6.50. The number of para-hydroxylation sites is 1. The maximum Gasteiger partial charge on any atom is 0.338 e. The van der Waals surface area contributed by atoms with E-state index in [2.05, 4.69) is 4.98 Å². The van der Waals surface area contributed by atoms with Crippen LogP contribution in [-0.4, -0.2) is 29.4 Å². The smallest absolute Gasteiger partial charge is 0.338 e. The van der Waals surface area contributed by atoms with Gasteiger partial charge in [-0.25, -0.2) is 4.79 Å². The quantitative estimate of drug-likeness (QED) is 0.574. The minimum atomic E-state index is -0.870. The van der Waals surface area contributed by atoms with E-state index in [4.69, 9.17) is 9.47 Å². The third-order valence-electron chi connectivity index (χ3n) is 4.72. The summed E-state index contributed by atoms with van der Waals surface area (Å²) in [6.45, 7) is 4.09. The van der Waals surface area contributed by atoms with Crippen molar-refractivity contribution in [2.24, 2.45) is 0 Å². The van der Waals surface area contributed by atoms with Gasteiger partial charge in [-0.2, -0.15) is 0 Å². The first kappa shape index (κ1) is 16.4. The molecule has 1 atom stereocenters. The normalized spacial score (nSPS) is 13.9. The minimum Gasteiger partial charge on any atom is -0.493 e. The fraction of sp³-hybridized carbons (Fsp3) is 0.238. The number of ketones is 1. The Morgan fingerprint density at radius 1 is 1.19 bits per heavy atom. The molecule has 132 valence electrons. The van der Waals surface area contributed by atoms with Gasteiger partial charge in [0.1, 0.15) is 5.75 Å². The van der Waals surface area contributed by atoms with Crippen LogP contribution in [-0.2, 0) is 11.2 Å². The van der Waals surface area contributed by atoms with E-state index in [0.29, 0.717) is 17.7 Å². The van der Waals surface area contributed by atoms with Crippen molar-refractivity contribution >= 4 is 22.7 Å². The molecule has 0 unspecified atom stereocenters. The first-order chi connectivity index (χ1) is 12.5. The zero-order valence-corrected chi connectivity index (χ0v) is 14.7. The Hall–Kier alpha value is -3.08. The van der Waals surface area contributed by atoms with Crippen molar-refractivity contribution < 1.29 is 19.1 Å². The third kappa shape index (κ3) is 2.75. The highest BCUT2D eigenvalue weighted by atomic mass is 16.5. The highest BCUT2D eigenvalue weighted by Gasteiger charge is 2.25. The maximum atomic E-state index is 12.9. The largest absolute Gasteiger partial charge is 0.493 e. The fourth-order valence-electron chi connectivity index (χ4n) is 3.39. The standard InChI is InChI=1S/C21H19NO4/c1-12-19(16-5-3-4-6-17(16)22-12)20(23)13(2)26-21(24)15-7-8-18-14(11-15)9-10-25-18/h3-8,11,13,22H,9-10H2,1-2H3/t13-/m1/s1. The van der Waals surface area contributed by atoms with E-state index in [1.54, 1.807) is 25.1 Å². The third-order valence-corrected chi connectivity index (χ3v) is 4.72. The number of aromatic nitrogens is 1. The highest BCUT2D eigenvalue weighted by molar-refractivity contribution is 6.11. The van der Waals surface area contributed by atoms with Crippen LogP contribution in [0.4, 0.5) is 0 Å². The number of carbonyl (C=O) groups excluding carboxylic acids is 2. The van der Waals surface area contributed by atoms with Crippen molar-refractivity contribution in [3.63, 3.8) is 0 Å². The van der Waals surface area contributed by atoms with E-state index in [-0.39, 0.29) is 5.78 Å². The average molecular weight is 349 g/mol. The Balaban J connectivity index is 1.55. The number of fused-ring (bicyclic) bond motifs is 2. The number of nitrogens with one attached hydrogen (secondary N) is 1. The van der Waals surface area contributed by atoms with E-state index in [0.717, 1.165) is 34.3 Å². The number of aryl methyl sites for hydroxylation is 1. The Labute approximate surface area is 150 Å². The lowest BCUT2D eigenvalue weighted by Crippen LogP contribution is -2.25. The second kappa shape index (κ2) is 6.33. The van der Waals surface area contributed by atoms with Gasteiger partial charge in [-0.3, -0.25) is 4.79 Å². The number of Topliss-reactive ketones (excluding diaryl/α,β-unsaturated/α-hetero) is 1. The monoisotopic (exact) mass is 349 g/mol. The summed E-state index contributed by atoms with van der Waals surface area (Å²) in [5.41, 5.74) is 3.66. The molecule has 1 aromatic heterocycles. The number of rotatable bonds is 4. The Kier molecular flexibility index (Phi) is 3.99. The molecule has 0 radical (unpaired) electrons. The van der Waals surface area contributed by atoms with Gasteiger partial charge in [-0.15, -0.1) is 0 Å². The molecule has 5 heteroatoms. The molecule has 0 bridgehead atoms. The summed E-state index contributed by atoms with van der Waals surface area (Å²) >= 11 is 0. The van der Waals surface area contributed by atoms with E-state index in [9.17, 15) is 9.59 Å². The summed E-state index contributed by atoms with van der Waals surface area (Å²) in [5.74, 6) is 0.0935. The zero-order chi connectivity index (χ0) is 18.3. The number of hydrogen-bond donors (Lipinski definition) is 1. The second-order valence-electron chi connectivity index (χ2n) is 6.50. The molecular formula is C21H19NO4. The predicted octanol–water partition coefficient (Wildman–Crippen LogP) is 3.84. The first-order valence-electron chi connectivity index (χ1n) is 8.63. The van der Waals surface area contributed by atoms with Gasteiger partial charge in [0.25, 0.3) is 0 Å². The van der Waals surface area contributed by atoms with Crippen LogP contribution in [0.3, 0.4) is 0 Å². The summed E-state index contributed by atoms with van der Waals surface area (Å²) in [5, 5.41) is 0.840. The summed E-state index contributed by atoms with van der Waals surface area (Å²) in [7, 11) is 0. The van der Waals surface area contributed by atoms with Crippen LogP contribution in [0.5, 0.6) is 5.75 Å². The van der Waals surface area contributed by atoms with E-state index < -0.39 is 12.1 Å².